The van der Waals surface area contributed by atoms with Crippen LogP contribution < -0.4 is 11.1 Å². The van der Waals surface area contributed by atoms with Gasteiger partial charge >= 0.3 is 0 Å². The second kappa shape index (κ2) is 5.54. The number of halogens is 1. The molecule has 4 rings (SSSR count). The predicted octanol–water partition coefficient (Wildman–Crippen LogP) is 3.91. The Kier molecular flexibility index (Phi) is 3.66. The van der Waals surface area contributed by atoms with Crippen LogP contribution in [-0.2, 0) is 10.4 Å². The quantitative estimate of drug-likeness (QED) is 0.617. The fourth-order valence-electron chi connectivity index (χ4n) is 3.02. The molecule has 0 unspecified atom stereocenters. The smallest absolute Gasteiger partial charge is 0.266 e. The van der Waals surface area contributed by atoms with Crippen LogP contribution in [0, 0.1) is 13.8 Å². The van der Waals surface area contributed by atoms with Crippen molar-refractivity contribution in [1.82, 2.24) is 4.98 Å². The van der Waals surface area contributed by atoms with Crippen molar-refractivity contribution < 1.29 is 9.90 Å². The summed E-state index contributed by atoms with van der Waals surface area (Å²) in [6, 6.07) is 7.23. The van der Waals surface area contributed by atoms with E-state index in [1.807, 2.05) is 26.0 Å². The van der Waals surface area contributed by atoms with Crippen molar-refractivity contribution in [2.45, 2.75) is 19.4 Å². The first kappa shape index (κ1) is 16.5. The number of aliphatic hydroxyl groups is 1. The molecule has 4 N–H and O–H groups in total. The molecule has 5 nitrogen and oxygen atoms in total. The van der Waals surface area contributed by atoms with E-state index in [4.69, 9.17) is 17.3 Å². The number of rotatable bonds is 2. The summed E-state index contributed by atoms with van der Waals surface area (Å²) in [5, 5.41) is 14.5. The summed E-state index contributed by atoms with van der Waals surface area (Å²) in [6.45, 7) is 3.88. The van der Waals surface area contributed by atoms with Crippen LogP contribution in [0.4, 0.5) is 10.8 Å². The number of carbonyl (C=O) groups excluding carboxylic acids is 1. The summed E-state index contributed by atoms with van der Waals surface area (Å²) in [5.74, 6) is -0.497. The van der Waals surface area contributed by atoms with Crippen LogP contribution in [0.15, 0.2) is 24.3 Å². The zero-order valence-corrected chi connectivity index (χ0v) is 15.8. The summed E-state index contributed by atoms with van der Waals surface area (Å²) in [7, 11) is 0. The van der Waals surface area contributed by atoms with E-state index in [1.54, 1.807) is 12.1 Å². The van der Waals surface area contributed by atoms with Gasteiger partial charge in [0.2, 0.25) is 5.60 Å². The molecule has 0 bridgehead atoms. The largest absolute Gasteiger partial charge is 0.375 e. The van der Waals surface area contributed by atoms with E-state index in [2.05, 4.69) is 10.3 Å². The third-order valence-electron chi connectivity index (χ3n) is 4.47. The summed E-state index contributed by atoms with van der Waals surface area (Å²) < 4.78 is 0.599. The maximum Gasteiger partial charge on any atom is 0.266 e. The minimum Gasteiger partial charge on any atom is -0.375 e. The number of carbonyl (C=O) groups is 1. The van der Waals surface area contributed by atoms with Crippen LogP contribution in [0.25, 0.3) is 10.6 Å². The molecule has 1 atom stereocenters. The first-order valence-electron chi connectivity index (χ1n) is 7.49. The predicted molar refractivity (Wildman–Crippen MR) is 102 cm³/mol. The Labute approximate surface area is 157 Å². The molecule has 8 heteroatoms. The number of amides is 1. The van der Waals surface area contributed by atoms with Crippen molar-refractivity contribution >= 4 is 51.0 Å². The minimum atomic E-state index is -1.82. The zero-order chi connectivity index (χ0) is 17.9. The molecule has 1 aliphatic rings. The number of aromatic nitrogens is 1. The number of anilines is 2. The van der Waals surface area contributed by atoms with Crippen molar-refractivity contribution in [2.75, 3.05) is 11.1 Å². The molecule has 0 radical (unpaired) electrons. The number of hydrogen-bond acceptors (Lipinski definition) is 6. The Hall–Kier alpha value is -1.93. The molecule has 0 aliphatic carbocycles. The van der Waals surface area contributed by atoms with Gasteiger partial charge in [-0.15, -0.1) is 11.3 Å². The number of aryl methyl sites for hydroxylation is 1. The lowest BCUT2D eigenvalue weighted by atomic mass is 9.90. The number of benzene rings is 1. The second-order valence-corrected chi connectivity index (χ2v) is 8.67. The number of fused-ring (bicyclic) bond motifs is 1. The van der Waals surface area contributed by atoms with E-state index >= 15 is 0 Å². The van der Waals surface area contributed by atoms with Gasteiger partial charge in [-0.05, 0) is 37.1 Å². The van der Waals surface area contributed by atoms with Crippen LogP contribution in [0.3, 0.4) is 0 Å². The van der Waals surface area contributed by atoms with Gasteiger partial charge in [0.15, 0.2) is 5.13 Å². The fourth-order valence-corrected chi connectivity index (χ4v) is 5.07. The molecule has 128 valence electrons. The topological polar surface area (TPSA) is 88.2 Å². The highest BCUT2D eigenvalue weighted by Crippen LogP contribution is 2.49. The molecular formula is C17H14ClN3O2S2. The van der Waals surface area contributed by atoms with Crippen molar-refractivity contribution in [1.29, 1.82) is 0 Å². The van der Waals surface area contributed by atoms with Crippen molar-refractivity contribution in [3.05, 3.63) is 50.2 Å². The normalized spacial score (nSPS) is 19.1. The Morgan fingerprint density at radius 3 is 2.68 bits per heavy atom. The van der Waals surface area contributed by atoms with Crippen LogP contribution in [0.5, 0.6) is 0 Å². The number of nitrogens with two attached hydrogens (primary N) is 1. The highest BCUT2D eigenvalue weighted by Gasteiger charge is 2.50. The maximum atomic E-state index is 12.8. The van der Waals surface area contributed by atoms with Crippen molar-refractivity contribution in [3.8, 4) is 10.6 Å². The van der Waals surface area contributed by atoms with Crippen LogP contribution >= 0.6 is 34.3 Å². The number of hydrogen-bond donors (Lipinski definition) is 3. The Morgan fingerprint density at radius 2 is 2.00 bits per heavy atom. The number of nitrogens with one attached hydrogen (secondary N) is 1. The molecule has 0 saturated heterocycles. The SMILES string of the molecule is Cc1ccc2c(c1C)NC(=O)[C@]2(O)c1sc(N)nc1-c1ccc(Cl)s1. The molecule has 1 amide bonds. The Bertz CT molecular complexity index is 1030. The van der Waals surface area contributed by atoms with Gasteiger partial charge in [-0.2, -0.15) is 0 Å². The molecular weight excluding hydrogens is 378 g/mol. The highest BCUT2D eigenvalue weighted by atomic mass is 35.5. The molecule has 2 aromatic heterocycles. The molecule has 0 fully saturated rings. The minimum absolute atomic E-state index is 0.285. The molecule has 0 spiro atoms. The van der Waals surface area contributed by atoms with Crippen LogP contribution in [0.1, 0.15) is 21.6 Å². The number of nitrogen functional groups attached to an aromatic ring is 1. The third kappa shape index (κ3) is 2.31. The average Bonchev–Trinajstić information content (AvgIpc) is 3.22. The van der Waals surface area contributed by atoms with Gasteiger partial charge in [0.05, 0.1) is 19.8 Å². The highest BCUT2D eigenvalue weighted by molar-refractivity contribution is 7.20. The monoisotopic (exact) mass is 391 g/mol. The summed E-state index contributed by atoms with van der Waals surface area (Å²) in [6.07, 6.45) is 0. The standard InChI is InChI=1S/C17H14ClN3O2S2/c1-7-3-4-9-12(8(7)2)20-15(22)17(9,23)14-13(21-16(19)25-14)10-5-6-11(18)24-10/h3-6,23H,1-2H3,(H2,19,21)(H,20,22)/t17-/m1/s1. The molecule has 25 heavy (non-hydrogen) atoms. The molecule has 1 aromatic carbocycles. The number of nitrogens with zero attached hydrogens (tertiary/aromatic N) is 1. The van der Waals surface area contributed by atoms with Gasteiger partial charge in [0.25, 0.3) is 5.91 Å². The first-order chi connectivity index (χ1) is 11.8. The molecule has 3 heterocycles. The number of thiazole rings is 1. The lowest BCUT2D eigenvalue weighted by Crippen LogP contribution is -2.35. The average molecular weight is 392 g/mol. The van der Waals surface area contributed by atoms with Crippen LogP contribution in [-0.4, -0.2) is 16.0 Å². The van der Waals surface area contributed by atoms with Gasteiger partial charge in [0.1, 0.15) is 5.69 Å². The second-order valence-electron chi connectivity index (χ2n) is 5.93. The van der Waals surface area contributed by atoms with Crippen molar-refractivity contribution in [3.63, 3.8) is 0 Å². The van der Waals surface area contributed by atoms with E-state index < -0.39 is 11.5 Å². The van der Waals surface area contributed by atoms with E-state index in [0.717, 1.165) is 27.3 Å². The van der Waals surface area contributed by atoms with Crippen LogP contribution in [0.2, 0.25) is 4.34 Å². The lowest BCUT2D eigenvalue weighted by Gasteiger charge is -2.20. The van der Waals surface area contributed by atoms with E-state index in [-0.39, 0.29) is 5.13 Å². The van der Waals surface area contributed by atoms with Crippen molar-refractivity contribution in [2.24, 2.45) is 0 Å². The van der Waals surface area contributed by atoms with Gasteiger partial charge < -0.3 is 16.2 Å². The Balaban J connectivity index is 1.97. The summed E-state index contributed by atoms with van der Waals surface area (Å²) in [5.41, 5.74) is 7.71. The zero-order valence-electron chi connectivity index (χ0n) is 13.4. The fraction of sp³-hybridized carbons (Fsp3) is 0.176. The van der Waals surface area contributed by atoms with Gasteiger partial charge in [-0.3, -0.25) is 4.79 Å². The summed E-state index contributed by atoms with van der Waals surface area (Å²) >= 11 is 8.47. The van der Waals surface area contributed by atoms with E-state index in [1.165, 1.54) is 11.3 Å². The first-order valence-corrected chi connectivity index (χ1v) is 9.50. The van der Waals surface area contributed by atoms with Gasteiger partial charge in [0, 0.05) is 5.56 Å². The number of thiophene rings is 1. The maximum absolute atomic E-state index is 12.8. The third-order valence-corrected chi connectivity index (χ3v) is 6.70. The Morgan fingerprint density at radius 1 is 1.24 bits per heavy atom. The molecule has 1 aliphatic heterocycles. The molecule has 0 saturated carbocycles. The van der Waals surface area contributed by atoms with Gasteiger partial charge in [-0.25, -0.2) is 4.98 Å². The van der Waals surface area contributed by atoms with E-state index in [9.17, 15) is 9.90 Å². The molecule has 3 aromatic rings. The summed E-state index contributed by atoms with van der Waals surface area (Å²) in [4.78, 5) is 18.3. The van der Waals surface area contributed by atoms with Gasteiger partial charge in [-0.1, -0.05) is 35.1 Å². The lowest BCUT2D eigenvalue weighted by molar-refractivity contribution is -0.129. The van der Waals surface area contributed by atoms with E-state index in [0.29, 0.717) is 26.2 Å².